The lowest BCUT2D eigenvalue weighted by Gasteiger charge is -2.14. The van der Waals surface area contributed by atoms with Gasteiger partial charge in [-0.1, -0.05) is 47.5 Å². The monoisotopic (exact) mass is 431 g/mol. The molecule has 1 aliphatic rings. The molecule has 0 saturated carbocycles. The molecule has 0 unspecified atom stereocenters. The molecule has 0 aliphatic carbocycles. The van der Waals surface area contributed by atoms with Gasteiger partial charge in [-0.2, -0.15) is 4.99 Å². The summed E-state index contributed by atoms with van der Waals surface area (Å²) in [5, 5.41) is 4.02. The Morgan fingerprint density at radius 3 is 2.63 bits per heavy atom. The van der Waals surface area contributed by atoms with Crippen LogP contribution in [0.3, 0.4) is 0 Å². The van der Waals surface area contributed by atoms with Crippen LogP contribution in [-0.4, -0.2) is 16.1 Å². The highest BCUT2D eigenvalue weighted by Gasteiger charge is 2.35. The summed E-state index contributed by atoms with van der Waals surface area (Å²) in [4.78, 5) is 24.0. The van der Waals surface area contributed by atoms with E-state index in [4.69, 9.17) is 23.2 Å². The molecule has 0 bridgehead atoms. The van der Waals surface area contributed by atoms with E-state index in [0.29, 0.717) is 25.2 Å². The molecule has 1 saturated heterocycles. The summed E-state index contributed by atoms with van der Waals surface area (Å²) in [6.45, 7) is 0. The minimum absolute atomic E-state index is 0.160. The topological polar surface area (TPSA) is 45.6 Å². The highest BCUT2D eigenvalue weighted by atomic mass is 35.5. The van der Waals surface area contributed by atoms with Gasteiger partial charge in [-0.15, -0.1) is 11.3 Å². The van der Waals surface area contributed by atoms with E-state index in [1.54, 1.807) is 35.4 Å². The number of para-hydroxylation sites is 1. The number of nitrogens with zero attached hydrogens (tertiary/aromatic N) is 3. The molecule has 0 radical (unpaired) electrons. The fourth-order valence-corrected chi connectivity index (χ4v) is 4.46. The highest BCUT2D eigenvalue weighted by Crippen LogP contribution is 2.38. The minimum atomic E-state index is -0.160. The number of amides is 1. The van der Waals surface area contributed by atoms with Gasteiger partial charge in [0.25, 0.3) is 5.91 Å². The van der Waals surface area contributed by atoms with Crippen LogP contribution in [0.5, 0.6) is 0 Å². The zero-order chi connectivity index (χ0) is 18.8. The maximum atomic E-state index is 13.1. The summed E-state index contributed by atoms with van der Waals surface area (Å²) in [7, 11) is 0. The number of carbonyl (C=O) groups excluding carboxylic acids is 1. The SMILES string of the molecule is O=C1/C(=C/c2ccc(Cl)cc2Cl)S/C(=N/c2nccs2)N1c1ccccc1. The van der Waals surface area contributed by atoms with Crippen molar-refractivity contribution in [2.75, 3.05) is 4.90 Å². The maximum Gasteiger partial charge on any atom is 0.271 e. The third-order valence-electron chi connectivity index (χ3n) is 3.68. The fourth-order valence-electron chi connectivity index (χ4n) is 2.47. The Balaban J connectivity index is 1.77. The van der Waals surface area contributed by atoms with Crippen molar-refractivity contribution in [1.29, 1.82) is 0 Å². The standard InChI is InChI=1S/C19H11Cl2N3OS2/c20-13-7-6-12(15(21)11-13)10-16-17(25)24(14-4-2-1-3-5-14)19(27-16)23-18-22-8-9-26-18/h1-11H/b16-10-,23-19+. The van der Waals surface area contributed by atoms with E-state index in [2.05, 4.69) is 9.98 Å². The third-order valence-corrected chi connectivity index (χ3v) is 5.88. The van der Waals surface area contributed by atoms with Crippen LogP contribution in [-0.2, 0) is 4.79 Å². The molecule has 1 amide bonds. The van der Waals surface area contributed by atoms with E-state index in [1.165, 1.54) is 23.1 Å². The number of aromatic nitrogens is 1. The Hall–Kier alpha value is -2.12. The van der Waals surface area contributed by atoms with Gasteiger partial charge in [0.2, 0.25) is 5.13 Å². The van der Waals surface area contributed by atoms with E-state index in [0.717, 1.165) is 11.3 Å². The molecule has 0 atom stereocenters. The van der Waals surface area contributed by atoms with Gasteiger partial charge in [0, 0.05) is 21.6 Å². The summed E-state index contributed by atoms with van der Waals surface area (Å²) in [5.74, 6) is -0.160. The smallest absolute Gasteiger partial charge is 0.268 e. The molecule has 1 aromatic heterocycles. The number of rotatable bonds is 3. The number of halogens is 2. The summed E-state index contributed by atoms with van der Waals surface area (Å²) in [6, 6.07) is 14.6. The second kappa shape index (κ2) is 7.86. The number of aliphatic imine (C=N–C) groups is 1. The number of thiazole rings is 1. The number of anilines is 1. The van der Waals surface area contributed by atoms with Crippen LogP contribution in [0.4, 0.5) is 10.8 Å². The Bertz CT molecular complexity index is 1050. The van der Waals surface area contributed by atoms with Gasteiger partial charge in [-0.05, 0) is 47.7 Å². The van der Waals surface area contributed by atoms with E-state index >= 15 is 0 Å². The van der Waals surface area contributed by atoms with E-state index < -0.39 is 0 Å². The number of thioether (sulfide) groups is 1. The molecule has 0 spiro atoms. The molecular weight excluding hydrogens is 421 g/mol. The van der Waals surface area contributed by atoms with Crippen molar-refractivity contribution in [3.63, 3.8) is 0 Å². The van der Waals surface area contributed by atoms with E-state index in [-0.39, 0.29) is 5.91 Å². The molecule has 1 fully saturated rings. The minimum Gasteiger partial charge on any atom is -0.268 e. The number of carbonyl (C=O) groups is 1. The van der Waals surface area contributed by atoms with Gasteiger partial charge in [-0.25, -0.2) is 4.98 Å². The normalized spacial score (nSPS) is 17.3. The van der Waals surface area contributed by atoms with Crippen molar-refractivity contribution in [2.45, 2.75) is 0 Å². The zero-order valence-corrected chi connectivity index (χ0v) is 16.8. The largest absolute Gasteiger partial charge is 0.271 e. The molecule has 2 aromatic carbocycles. The van der Waals surface area contributed by atoms with Crippen LogP contribution in [0, 0.1) is 0 Å². The van der Waals surface area contributed by atoms with Crippen molar-refractivity contribution in [1.82, 2.24) is 4.98 Å². The number of amidine groups is 1. The maximum absolute atomic E-state index is 13.1. The molecule has 27 heavy (non-hydrogen) atoms. The van der Waals surface area contributed by atoms with Gasteiger partial charge in [0.15, 0.2) is 5.17 Å². The van der Waals surface area contributed by atoms with Crippen LogP contribution in [0.1, 0.15) is 5.56 Å². The lowest BCUT2D eigenvalue weighted by atomic mass is 10.2. The first kappa shape index (κ1) is 18.3. The predicted octanol–water partition coefficient (Wildman–Crippen LogP) is 6.26. The Morgan fingerprint density at radius 2 is 1.93 bits per heavy atom. The van der Waals surface area contributed by atoms with Crippen molar-refractivity contribution in [3.8, 4) is 0 Å². The average Bonchev–Trinajstić information content (AvgIpc) is 3.27. The van der Waals surface area contributed by atoms with Crippen LogP contribution in [0.25, 0.3) is 6.08 Å². The molecule has 2 heterocycles. The summed E-state index contributed by atoms with van der Waals surface area (Å²) in [6.07, 6.45) is 3.44. The second-order valence-electron chi connectivity index (χ2n) is 5.46. The molecule has 0 N–H and O–H groups in total. The number of benzene rings is 2. The Labute approximate surface area is 174 Å². The first-order valence-electron chi connectivity index (χ1n) is 7.84. The lowest BCUT2D eigenvalue weighted by molar-refractivity contribution is -0.113. The highest BCUT2D eigenvalue weighted by molar-refractivity contribution is 8.19. The molecule has 4 rings (SSSR count). The summed E-state index contributed by atoms with van der Waals surface area (Å²) < 4.78 is 0. The van der Waals surface area contributed by atoms with E-state index in [1.807, 2.05) is 35.7 Å². The number of hydrogen-bond donors (Lipinski definition) is 0. The molecular formula is C19H11Cl2N3OS2. The fraction of sp³-hybridized carbons (Fsp3) is 0. The molecule has 3 aromatic rings. The van der Waals surface area contributed by atoms with Crippen LogP contribution < -0.4 is 4.90 Å². The van der Waals surface area contributed by atoms with Gasteiger partial charge >= 0.3 is 0 Å². The summed E-state index contributed by atoms with van der Waals surface area (Å²) >= 11 is 14.9. The van der Waals surface area contributed by atoms with Crippen molar-refractivity contribution >= 4 is 74.3 Å². The van der Waals surface area contributed by atoms with Gasteiger partial charge in [0.1, 0.15) is 0 Å². The van der Waals surface area contributed by atoms with Gasteiger partial charge in [0.05, 0.1) is 10.6 Å². The Kier molecular flexibility index (Phi) is 5.31. The zero-order valence-electron chi connectivity index (χ0n) is 13.7. The van der Waals surface area contributed by atoms with Crippen molar-refractivity contribution < 1.29 is 4.79 Å². The van der Waals surface area contributed by atoms with Crippen LogP contribution in [0.15, 0.2) is 70.0 Å². The first-order valence-corrected chi connectivity index (χ1v) is 10.3. The van der Waals surface area contributed by atoms with Gasteiger partial charge < -0.3 is 0 Å². The Morgan fingerprint density at radius 1 is 1.11 bits per heavy atom. The molecule has 4 nitrogen and oxygen atoms in total. The van der Waals surface area contributed by atoms with Crippen molar-refractivity contribution in [3.05, 3.63) is 80.6 Å². The predicted molar refractivity (Wildman–Crippen MR) is 115 cm³/mol. The first-order chi connectivity index (χ1) is 13.1. The number of hydrogen-bond acceptors (Lipinski definition) is 5. The third kappa shape index (κ3) is 3.94. The lowest BCUT2D eigenvalue weighted by Crippen LogP contribution is -2.28. The molecule has 1 aliphatic heterocycles. The quantitative estimate of drug-likeness (QED) is 0.459. The second-order valence-corrected chi connectivity index (χ2v) is 8.19. The van der Waals surface area contributed by atoms with E-state index in [9.17, 15) is 4.79 Å². The van der Waals surface area contributed by atoms with Gasteiger partial charge in [-0.3, -0.25) is 9.69 Å². The van der Waals surface area contributed by atoms with Crippen LogP contribution in [0.2, 0.25) is 10.0 Å². The van der Waals surface area contributed by atoms with Crippen molar-refractivity contribution in [2.24, 2.45) is 4.99 Å². The molecule has 8 heteroatoms. The average molecular weight is 432 g/mol. The van der Waals surface area contributed by atoms with Crippen LogP contribution >= 0.6 is 46.3 Å². The molecule has 134 valence electrons. The summed E-state index contributed by atoms with van der Waals surface area (Å²) in [5.41, 5.74) is 1.47.